The summed E-state index contributed by atoms with van der Waals surface area (Å²) in [6.07, 6.45) is 0. The van der Waals surface area contributed by atoms with Gasteiger partial charge in [0.15, 0.2) is 5.11 Å². The molecule has 1 heterocycles. The monoisotopic (exact) mass is 320 g/mol. The van der Waals surface area contributed by atoms with E-state index in [1.54, 1.807) is 7.11 Å². The van der Waals surface area contributed by atoms with Crippen molar-refractivity contribution in [1.82, 2.24) is 10.6 Å². The van der Waals surface area contributed by atoms with Crippen molar-refractivity contribution in [3.05, 3.63) is 46.7 Å². The van der Waals surface area contributed by atoms with Crippen molar-refractivity contribution in [2.24, 2.45) is 0 Å². The van der Waals surface area contributed by atoms with Crippen molar-refractivity contribution in [2.75, 3.05) is 20.3 Å². The van der Waals surface area contributed by atoms with E-state index in [-0.39, 0.29) is 18.6 Å². The first-order valence-electron chi connectivity index (χ1n) is 7.04. The molecular formula is C16H20N2O3S. The van der Waals surface area contributed by atoms with Gasteiger partial charge in [-0.05, 0) is 37.2 Å². The van der Waals surface area contributed by atoms with Crippen LogP contribution in [0.15, 0.2) is 35.5 Å². The molecule has 0 aromatic heterocycles. The second-order valence-electron chi connectivity index (χ2n) is 5.06. The Bertz CT molecular complexity index is 613. The van der Waals surface area contributed by atoms with Crippen molar-refractivity contribution >= 4 is 23.3 Å². The van der Waals surface area contributed by atoms with Crippen LogP contribution in [0, 0.1) is 6.92 Å². The van der Waals surface area contributed by atoms with Crippen LogP contribution in [0.1, 0.15) is 24.1 Å². The topological polar surface area (TPSA) is 59.6 Å². The van der Waals surface area contributed by atoms with Gasteiger partial charge in [-0.15, -0.1) is 0 Å². The number of rotatable bonds is 5. The molecule has 5 nitrogen and oxygen atoms in total. The first-order chi connectivity index (χ1) is 10.5. The van der Waals surface area contributed by atoms with Gasteiger partial charge < -0.3 is 20.1 Å². The third kappa shape index (κ3) is 3.64. The maximum absolute atomic E-state index is 12.4. The predicted octanol–water partition coefficient (Wildman–Crippen LogP) is 1.98. The first kappa shape index (κ1) is 16.5. The van der Waals surface area contributed by atoms with E-state index in [4.69, 9.17) is 21.7 Å². The lowest BCUT2D eigenvalue weighted by Crippen LogP contribution is -2.45. The molecule has 1 aromatic carbocycles. The fourth-order valence-electron chi connectivity index (χ4n) is 2.40. The highest BCUT2D eigenvalue weighted by atomic mass is 32.1. The van der Waals surface area contributed by atoms with Gasteiger partial charge in [0.1, 0.15) is 6.61 Å². The number of esters is 1. The van der Waals surface area contributed by atoms with E-state index in [1.165, 1.54) is 0 Å². The normalized spacial score (nSPS) is 17.8. The zero-order valence-electron chi connectivity index (χ0n) is 12.9. The molecular weight excluding hydrogens is 300 g/mol. The maximum atomic E-state index is 12.4. The van der Waals surface area contributed by atoms with Crippen molar-refractivity contribution in [3.63, 3.8) is 0 Å². The quantitative estimate of drug-likeness (QED) is 0.491. The molecule has 0 aliphatic carbocycles. The van der Waals surface area contributed by atoms with Crippen LogP contribution in [-0.2, 0) is 14.3 Å². The standard InChI is InChI=1S/C16H20N2O3S/c1-10-6-4-5-7-12(10)14-13(11(2)17-16(22)18-14)15(19)21-9-8-20-3/h4-7,14H,8-9H2,1-3H3,(H2,17,18,22). The molecule has 118 valence electrons. The summed E-state index contributed by atoms with van der Waals surface area (Å²) in [5.41, 5.74) is 3.34. The van der Waals surface area contributed by atoms with E-state index >= 15 is 0 Å². The summed E-state index contributed by atoms with van der Waals surface area (Å²) in [5, 5.41) is 6.64. The number of aryl methyl sites for hydroxylation is 1. The van der Waals surface area contributed by atoms with Gasteiger partial charge in [-0.1, -0.05) is 24.3 Å². The summed E-state index contributed by atoms with van der Waals surface area (Å²) in [6.45, 7) is 4.42. The molecule has 1 aromatic rings. The van der Waals surface area contributed by atoms with Gasteiger partial charge >= 0.3 is 5.97 Å². The van der Waals surface area contributed by atoms with E-state index in [0.717, 1.165) is 11.1 Å². The number of hydrogen-bond acceptors (Lipinski definition) is 4. The fourth-order valence-corrected chi connectivity index (χ4v) is 2.67. The van der Waals surface area contributed by atoms with E-state index in [9.17, 15) is 4.79 Å². The van der Waals surface area contributed by atoms with E-state index < -0.39 is 0 Å². The van der Waals surface area contributed by atoms with E-state index in [0.29, 0.717) is 23.0 Å². The Morgan fingerprint density at radius 3 is 2.68 bits per heavy atom. The Morgan fingerprint density at radius 2 is 2.00 bits per heavy atom. The number of benzene rings is 1. The molecule has 2 N–H and O–H groups in total. The van der Waals surface area contributed by atoms with E-state index in [2.05, 4.69) is 10.6 Å². The van der Waals surface area contributed by atoms with Crippen LogP contribution >= 0.6 is 12.2 Å². The molecule has 0 radical (unpaired) electrons. The Hall–Kier alpha value is -1.92. The van der Waals surface area contributed by atoms with Gasteiger partial charge in [0.25, 0.3) is 0 Å². The Kier molecular flexibility index (Phi) is 5.51. The van der Waals surface area contributed by atoms with Crippen LogP contribution in [-0.4, -0.2) is 31.4 Å². The minimum absolute atomic E-state index is 0.219. The molecule has 0 saturated heterocycles. The molecule has 1 aliphatic rings. The second-order valence-corrected chi connectivity index (χ2v) is 5.46. The smallest absolute Gasteiger partial charge is 0.338 e. The third-order valence-corrected chi connectivity index (χ3v) is 3.73. The Labute approximate surface area is 135 Å². The first-order valence-corrected chi connectivity index (χ1v) is 7.45. The number of methoxy groups -OCH3 is 1. The predicted molar refractivity (Wildman–Crippen MR) is 88.3 cm³/mol. The Balaban J connectivity index is 2.33. The SMILES string of the molecule is COCCOC(=O)C1=C(C)NC(=S)NC1c1ccccc1C. The lowest BCUT2D eigenvalue weighted by Gasteiger charge is -2.30. The third-order valence-electron chi connectivity index (χ3n) is 3.51. The average Bonchev–Trinajstić information content (AvgIpc) is 2.47. The summed E-state index contributed by atoms with van der Waals surface area (Å²) < 4.78 is 10.2. The van der Waals surface area contributed by atoms with E-state index in [1.807, 2.05) is 38.1 Å². The zero-order valence-corrected chi connectivity index (χ0v) is 13.8. The summed E-state index contributed by atoms with van der Waals surface area (Å²) in [4.78, 5) is 12.4. The van der Waals surface area contributed by atoms with Gasteiger partial charge in [-0.2, -0.15) is 0 Å². The van der Waals surface area contributed by atoms with Crippen LogP contribution < -0.4 is 10.6 Å². The van der Waals surface area contributed by atoms with Crippen LogP contribution in [0.25, 0.3) is 0 Å². The van der Waals surface area contributed by atoms with Crippen LogP contribution in [0.4, 0.5) is 0 Å². The molecule has 0 fully saturated rings. The molecule has 22 heavy (non-hydrogen) atoms. The molecule has 0 bridgehead atoms. The summed E-state index contributed by atoms with van der Waals surface area (Å²) in [7, 11) is 1.57. The van der Waals surface area contributed by atoms with Crippen molar-refractivity contribution < 1.29 is 14.3 Å². The summed E-state index contributed by atoms with van der Waals surface area (Å²) in [6, 6.07) is 7.58. The Morgan fingerprint density at radius 1 is 1.27 bits per heavy atom. The number of thiocarbonyl (C=S) groups is 1. The number of allylic oxidation sites excluding steroid dienone is 1. The molecule has 1 atom stereocenters. The lowest BCUT2D eigenvalue weighted by atomic mass is 9.92. The minimum Gasteiger partial charge on any atom is -0.460 e. The number of nitrogens with one attached hydrogen (secondary N) is 2. The highest BCUT2D eigenvalue weighted by molar-refractivity contribution is 7.80. The van der Waals surface area contributed by atoms with Crippen LogP contribution in [0.2, 0.25) is 0 Å². The number of carbonyl (C=O) groups is 1. The van der Waals surface area contributed by atoms with Crippen LogP contribution in [0.3, 0.4) is 0 Å². The van der Waals surface area contributed by atoms with Gasteiger partial charge in [0.05, 0.1) is 18.2 Å². The zero-order chi connectivity index (χ0) is 16.1. The number of hydrogen-bond donors (Lipinski definition) is 2. The van der Waals surface area contributed by atoms with Gasteiger partial charge in [-0.25, -0.2) is 4.79 Å². The maximum Gasteiger partial charge on any atom is 0.338 e. The molecule has 2 rings (SSSR count). The lowest BCUT2D eigenvalue weighted by molar-refractivity contribution is -0.140. The van der Waals surface area contributed by atoms with Gasteiger partial charge in [0.2, 0.25) is 0 Å². The van der Waals surface area contributed by atoms with Crippen molar-refractivity contribution in [3.8, 4) is 0 Å². The number of carbonyl (C=O) groups excluding carboxylic acids is 1. The fraction of sp³-hybridized carbons (Fsp3) is 0.375. The van der Waals surface area contributed by atoms with Crippen LogP contribution in [0.5, 0.6) is 0 Å². The summed E-state index contributed by atoms with van der Waals surface area (Å²) >= 11 is 5.22. The number of ether oxygens (including phenoxy) is 2. The average molecular weight is 320 g/mol. The van der Waals surface area contributed by atoms with Gasteiger partial charge in [-0.3, -0.25) is 0 Å². The van der Waals surface area contributed by atoms with Crippen molar-refractivity contribution in [2.45, 2.75) is 19.9 Å². The molecule has 0 amide bonds. The molecule has 1 aliphatic heterocycles. The second kappa shape index (κ2) is 7.38. The largest absolute Gasteiger partial charge is 0.460 e. The molecule has 0 saturated carbocycles. The van der Waals surface area contributed by atoms with Crippen molar-refractivity contribution in [1.29, 1.82) is 0 Å². The van der Waals surface area contributed by atoms with Gasteiger partial charge in [0, 0.05) is 12.8 Å². The molecule has 6 heteroatoms. The highest BCUT2D eigenvalue weighted by Gasteiger charge is 2.31. The molecule has 1 unspecified atom stereocenters. The minimum atomic E-state index is -0.370. The molecule has 0 spiro atoms. The summed E-state index contributed by atoms with van der Waals surface area (Å²) in [5.74, 6) is -0.370. The highest BCUT2D eigenvalue weighted by Crippen LogP contribution is 2.29.